The van der Waals surface area contributed by atoms with Gasteiger partial charge in [0, 0.05) is 32.1 Å². The number of aliphatic hydroxyl groups excluding tert-OH is 1. The van der Waals surface area contributed by atoms with Crippen LogP contribution in [0.2, 0.25) is 0 Å². The number of fused-ring (bicyclic) bond motifs is 5. The fourth-order valence-electron chi connectivity index (χ4n) is 6.35. The minimum absolute atomic E-state index is 0.00708. The lowest BCUT2D eigenvalue weighted by Crippen LogP contribution is -2.50. The first kappa shape index (κ1) is 31.2. The predicted octanol–water partition coefficient (Wildman–Crippen LogP) is 2.18. The van der Waals surface area contributed by atoms with Crippen molar-refractivity contribution >= 4 is 21.8 Å². The number of likely N-dealkylation sites (tertiary alicyclic amines) is 1. The van der Waals surface area contributed by atoms with E-state index in [1.54, 1.807) is 30.3 Å². The van der Waals surface area contributed by atoms with Crippen molar-refractivity contribution in [1.82, 2.24) is 15.5 Å². The quantitative estimate of drug-likeness (QED) is 0.340. The third kappa shape index (κ3) is 7.37. The van der Waals surface area contributed by atoms with Gasteiger partial charge in [0.15, 0.2) is 0 Å². The zero-order valence-electron chi connectivity index (χ0n) is 24.8. The number of nitrogens with zero attached hydrogens (tertiary/aromatic N) is 1. The molecule has 2 saturated heterocycles. The maximum Gasteiger partial charge on any atom is 0.255 e. The number of ether oxygens (including phenoxy) is 2. The minimum atomic E-state index is -3.83. The molecule has 5 atom stereocenters. The van der Waals surface area contributed by atoms with Crippen molar-refractivity contribution in [2.24, 2.45) is 5.14 Å². The molecule has 12 heteroatoms. The summed E-state index contributed by atoms with van der Waals surface area (Å²) in [5.41, 5.74) is 2.88. The van der Waals surface area contributed by atoms with Crippen LogP contribution in [-0.4, -0.2) is 80.3 Å². The van der Waals surface area contributed by atoms with Gasteiger partial charge in [0.25, 0.3) is 5.91 Å². The van der Waals surface area contributed by atoms with Gasteiger partial charge in [0.05, 0.1) is 35.3 Å². The summed E-state index contributed by atoms with van der Waals surface area (Å²) in [4.78, 5) is 29.3. The van der Waals surface area contributed by atoms with Gasteiger partial charge in [-0.1, -0.05) is 48.5 Å². The average molecular weight is 635 g/mol. The molecule has 5 N–H and O–H groups in total. The highest BCUT2D eigenvalue weighted by Gasteiger charge is 2.39. The number of aliphatic hydroxyl groups is 1. The minimum Gasteiger partial charge on any atom is -0.493 e. The van der Waals surface area contributed by atoms with Crippen LogP contribution in [0.25, 0.3) is 11.1 Å². The highest BCUT2D eigenvalue weighted by atomic mass is 32.2. The zero-order valence-corrected chi connectivity index (χ0v) is 25.6. The topological polar surface area (TPSA) is 160 Å². The maximum atomic E-state index is 13.7. The van der Waals surface area contributed by atoms with E-state index in [2.05, 4.69) is 15.5 Å². The molecule has 3 aliphatic rings. The van der Waals surface area contributed by atoms with Crippen LogP contribution >= 0.6 is 0 Å². The molecule has 0 aliphatic carbocycles. The number of amides is 2. The van der Waals surface area contributed by atoms with Crippen molar-refractivity contribution in [1.29, 1.82) is 0 Å². The van der Waals surface area contributed by atoms with E-state index < -0.39 is 28.3 Å². The lowest BCUT2D eigenvalue weighted by molar-refractivity contribution is -0.133. The SMILES string of the molecule is NS(=O)(=O)c1ccc(-c2ccc3c(c2)OCC[C@@H]2CC[C@H](O)[C@@H](CNC(=O)[C@@H]4C[C@@H](CN4Cc4ccccc4)NC3=O)O2)cc1. The van der Waals surface area contributed by atoms with Gasteiger partial charge < -0.3 is 25.2 Å². The highest BCUT2D eigenvalue weighted by molar-refractivity contribution is 7.89. The van der Waals surface area contributed by atoms with Crippen LogP contribution in [0.1, 0.15) is 41.6 Å². The van der Waals surface area contributed by atoms with Gasteiger partial charge in [-0.2, -0.15) is 0 Å². The second kappa shape index (κ2) is 13.3. The van der Waals surface area contributed by atoms with Crippen LogP contribution < -0.4 is 20.5 Å². The Morgan fingerprint density at radius 3 is 2.47 bits per heavy atom. The number of hydrogen-bond acceptors (Lipinski definition) is 8. The van der Waals surface area contributed by atoms with Crippen LogP contribution in [0.15, 0.2) is 77.7 Å². The predicted molar refractivity (Wildman–Crippen MR) is 167 cm³/mol. The Hall–Kier alpha value is -3.81. The number of carbonyl (C=O) groups excluding carboxylic acids is 2. The van der Waals surface area contributed by atoms with Crippen molar-refractivity contribution in [2.45, 2.75) is 67.5 Å². The maximum absolute atomic E-state index is 13.7. The average Bonchev–Trinajstić information content (AvgIpc) is 3.42. The Morgan fingerprint density at radius 1 is 0.956 bits per heavy atom. The Labute approximate surface area is 262 Å². The Kier molecular flexibility index (Phi) is 9.20. The summed E-state index contributed by atoms with van der Waals surface area (Å²) in [7, 11) is -3.83. The Bertz CT molecular complexity index is 1630. The monoisotopic (exact) mass is 634 g/mol. The van der Waals surface area contributed by atoms with E-state index in [4.69, 9.17) is 14.6 Å². The van der Waals surface area contributed by atoms with Gasteiger partial charge in [-0.25, -0.2) is 13.6 Å². The molecule has 6 rings (SSSR count). The molecule has 0 unspecified atom stereocenters. The number of primary sulfonamides is 1. The van der Waals surface area contributed by atoms with Gasteiger partial charge in [0.1, 0.15) is 11.9 Å². The largest absolute Gasteiger partial charge is 0.493 e. The number of carbonyl (C=O) groups is 2. The lowest BCUT2D eigenvalue weighted by Gasteiger charge is -2.34. The van der Waals surface area contributed by atoms with E-state index in [1.165, 1.54) is 12.1 Å². The first-order valence-corrected chi connectivity index (χ1v) is 16.8. The smallest absolute Gasteiger partial charge is 0.255 e. The molecule has 0 aromatic heterocycles. The van der Waals surface area contributed by atoms with Crippen molar-refractivity contribution in [2.75, 3.05) is 19.7 Å². The van der Waals surface area contributed by atoms with Gasteiger partial charge in [0.2, 0.25) is 15.9 Å². The Balaban J connectivity index is 1.29. The van der Waals surface area contributed by atoms with E-state index in [1.807, 2.05) is 30.3 Å². The van der Waals surface area contributed by atoms with E-state index in [-0.39, 0.29) is 42.0 Å². The fourth-order valence-corrected chi connectivity index (χ4v) is 6.86. The fraction of sp³-hybridized carbons (Fsp3) is 0.394. The molecule has 45 heavy (non-hydrogen) atoms. The van der Waals surface area contributed by atoms with Crippen LogP contribution in [0.5, 0.6) is 5.75 Å². The lowest BCUT2D eigenvalue weighted by atomic mass is 9.99. The number of rotatable bonds is 4. The van der Waals surface area contributed by atoms with Gasteiger partial charge in [-0.05, 0) is 60.2 Å². The van der Waals surface area contributed by atoms with Crippen molar-refractivity contribution < 1.29 is 32.6 Å². The van der Waals surface area contributed by atoms with E-state index >= 15 is 0 Å². The normalized spacial score (nSPS) is 26.3. The van der Waals surface area contributed by atoms with E-state index in [0.29, 0.717) is 50.1 Å². The molecule has 11 nitrogen and oxygen atoms in total. The van der Waals surface area contributed by atoms with Crippen LogP contribution in [0.3, 0.4) is 0 Å². The summed E-state index contributed by atoms with van der Waals surface area (Å²) < 4.78 is 35.8. The summed E-state index contributed by atoms with van der Waals surface area (Å²) in [5.74, 6) is -0.0843. The van der Waals surface area contributed by atoms with Crippen molar-refractivity contribution in [3.63, 3.8) is 0 Å². The molecule has 3 aromatic carbocycles. The number of nitrogens with one attached hydrogen (secondary N) is 2. The van der Waals surface area contributed by atoms with Crippen LogP contribution in [0.4, 0.5) is 0 Å². The molecule has 0 saturated carbocycles. The zero-order chi connectivity index (χ0) is 31.6. The van der Waals surface area contributed by atoms with Crippen LogP contribution in [0, 0.1) is 0 Å². The summed E-state index contributed by atoms with van der Waals surface area (Å²) in [6.45, 7) is 1.49. The van der Waals surface area contributed by atoms with E-state index in [9.17, 15) is 23.1 Å². The van der Waals surface area contributed by atoms with Crippen LogP contribution in [-0.2, 0) is 26.1 Å². The second-order valence-corrected chi connectivity index (χ2v) is 13.5. The van der Waals surface area contributed by atoms with Gasteiger partial charge in [-0.15, -0.1) is 0 Å². The van der Waals surface area contributed by atoms with Gasteiger partial charge in [-0.3, -0.25) is 14.5 Å². The van der Waals surface area contributed by atoms with E-state index in [0.717, 1.165) is 16.7 Å². The molecule has 3 aromatic rings. The first-order chi connectivity index (χ1) is 21.6. The third-order valence-corrected chi connectivity index (χ3v) is 9.70. The molecular formula is C33H38N4O7S. The number of hydrogen-bond donors (Lipinski definition) is 4. The molecule has 3 heterocycles. The molecular weight excluding hydrogens is 596 g/mol. The second-order valence-electron chi connectivity index (χ2n) is 11.9. The number of nitrogens with two attached hydrogens (primary N) is 1. The molecule has 0 radical (unpaired) electrons. The van der Waals surface area contributed by atoms with Gasteiger partial charge >= 0.3 is 0 Å². The summed E-state index contributed by atoms with van der Waals surface area (Å²) in [5, 5.41) is 22.0. The highest BCUT2D eigenvalue weighted by Crippen LogP contribution is 2.30. The van der Waals surface area contributed by atoms with Crippen molar-refractivity contribution in [3.05, 3.63) is 83.9 Å². The number of sulfonamides is 1. The summed E-state index contributed by atoms with van der Waals surface area (Å²) in [6, 6.07) is 20.6. The molecule has 2 fully saturated rings. The van der Waals surface area contributed by atoms with Crippen molar-refractivity contribution in [3.8, 4) is 16.9 Å². The summed E-state index contributed by atoms with van der Waals surface area (Å²) in [6.07, 6.45) is 0.760. The first-order valence-electron chi connectivity index (χ1n) is 15.2. The Morgan fingerprint density at radius 2 is 1.71 bits per heavy atom. The number of benzene rings is 3. The standard InChI is InChI=1S/C33H38N4O7S/c34-45(41,42)26-10-6-22(7-11-26)23-8-12-27-30(16-23)43-15-14-25-9-13-29(38)31(44-25)18-35-33(40)28-17-24(36-32(27)39)20-37(28)19-21-4-2-1-3-5-21/h1-8,10-12,16,24-25,28-29,31,38H,9,13-15,17-20H2,(H,35,40)(H,36,39)(H2,34,41,42)/t24-,25-,28-,29-,31+/m0/s1. The molecule has 238 valence electrons. The molecule has 2 amide bonds. The summed E-state index contributed by atoms with van der Waals surface area (Å²) >= 11 is 0. The molecule has 3 aliphatic heterocycles. The molecule has 4 bridgehead atoms. The third-order valence-electron chi connectivity index (χ3n) is 8.77. The molecule has 0 spiro atoms.